The van der Waals surface area contributed by atoms with Crippen LogP contribution in [0.15, 0.2) is 28.1 Å². The maximum Gasteiger partial charge on any atom is 0.191 e. The Morgan fingerprint density at radius 3 is 2.31 bits per heavy atom. The summed E-state index contributed by atoms with van der Waals surface area (Å²) in [5, 5.41) is 16.2. The highest BCUT2D eigenvalue weighted by Crippen LogP contribution is 2.24. The van der Waals surface area contributed by atoms with Crippen LogP contribution in [0.4, 0.5) is 0 Å². The molecule has 0 heterocycles. The van der Waals surface area contributed by atoms with E-state index in [2.05, 4.69) is 29.5 Å². The van der Waals surface area contributed by atoms with Gasteiger partial charge in [-0.05, 0) is 43.9 Å². The third-order valence-corrected chi connectivity index (χ3v) is 6.13. The smallest absolute Gasteiger partial charge is 0.191 e. The van der Waals surface area contributed by atoms with Crippen molar-refractivity contribution in [2.75, 3.05) is 26.0 Å². The number of hydrogen-bond donors (Lipinski definition) is 3. The molecule has 26 heavy (non-hydrogen) atoms. The highest BCUT2D eigenvalue weighted by Gasteiger charge is 2.25. The molecule has 1 aromatic carbocycles. The highest BCUT2D eigenvalue weighted by atomic mass is 32.2. The number of aliphatic hydroxyl groups is 1. The minimum Gasteiger partial charge on any atom is -0.396 e. The second-order valence-electron chi connectivity index (χ2n) is 6.79. The summed E-state index contributed by atoms with van der Waals surface area (Å²) in [5.41, 5.74) is 1.53. The molecule has 0 aromatic heterocycles. The Hall–Kier alpha value is -1.60. The number of sulfone groups is 1. The van der Waals surface area contributed by atoms with Crippen molar-refractivity contribution in [1.29, 1.82) is 0 Å². The van der Waals surface area contributed by atoms with Crippen molar-refractivity contribution in [3.05, 3.63) is 29.3 Å². The van der Waals surface area contributed by atoms with Crippen LogP contribution >= 0.6 is 0 Å². The number of guanidine groups is 1. The van der Waals surface area contributed by atoms with E-state index in [9.17, 15) is 13.5 Å². The molecule has 148 valence electrons. The summed E-state index contributed by atoms with van der Waals surface area (Å²) >= 11 is 0. The molecular formula is C19H33N3O3S. The average Bonchev–Trinajstić information content (AvgIpc) is 2.60. The molecule has 0 aliphatic rings. The molecule has 0 bridgehead atoms. The fourth-order valence-electron chi connectivity index (χ4n) is 2.79. The number of nitrogens with zero attached hydrogens (tertiary/aromatic N) is 1. The van der Waals surface area contributed by atoms with Crippen molar-refractivity contribution in [2.45, 2.75) is 52.0 Å². The lowest BCUT2D eigenvalue weighted by atomic mass is 9.83. The number of benzene rings is 1. The number of nitrogens with one attached hydrogen (secondary N) is 2. The molecule has 7 heteroatoms. The Balaban J connectivity index is 2.88. The minimum atomic E-state index is -3.21. The molecule has 0 spiro atoms. The van der Waals surface area contributed by atoms with Gasteiger partial charge < -0.3 is 15.7 Å². The number of aryl methyl sites for hydroxylation is 1. The molecule has 0 aliphatic heterocycles. The Labute approximate surface area is 158 Å². The number of rotatable bonds is 9. The van der Waals surface area contributed by atoms with Crippen LogP contribution in [0.1, 0.15) is 44.7 Å². The van der Waals surface area contributed by atoms with Crippen molar-refractivity contribution in [1.82, 2.24) is 10.6 Å². The largest absolute Gasteiger partial charge is 0.396 e. The number of aliphatic imine (C=N–C) groups is 1. The van der Waals surface area contributed by atoms with Crippen LogP contribution in [0.2, 0.25) is 0 Å². The normalized spacial score (nSPS) is 12.9. The van der Waals surface area contributed by atoms with Gasteiger partial charge in [-0.3, -0.25) is 0 Å². The lowest BCUT2D eigenvalue weighted by molar-refractivity contribution is 0.118. The summed E-state index contributed by atoms with van der Waals surface area (Å²) < 4.78 is 23.4. The van der Waals surface area contributed by atoms with E-state index in [1.54, 1.807) is 19.1 Å². The molecule has 0 fully saturated rings. The molecule has 0 atom stereocenters. The van der Waals surface area contributed by atoms with Crippen molar-refractivity contribution in [3.63, 3.8) is 0 Å². The van der Waals surface area contributed by atoms with Crippen LogP contribution in [-0.2, 0) is 16.4 Å². The van der Waals surface area contributed by atoms with Crippen molar-refractivity contribution < 1.29 is 13.5 Å². The van der Waals surface area contributed by atoms with Crippen LogP contribution in [-0.4, -0.2) is 45.4 Å². The van der Waals surface area contributed by atoms with Crippen molar-refractivity contribution in [3.8, 4) is 0 Å². The Kier molecular flexibility index (Phi) is 8.56. The van der Waals surface area contributed by atoms with Crippen LogP contribution in [0.3, 0.4) is 0 Å². The van der Waals surface area contributed by atoms with E-state index >= 15 is 0 Å². The van der Waals surface area contributed by atoms with Crippen LogP contribution in [0.25, 0.3) is 0 Å². The van der Waals surface area contributed by atoms with Gasteiger partial charge in [-0.25, -0.2) is 13.4 Å². The number of aliphatic hydroxyl groups excluding tert-OH is 1. The molecule has 1 aromatic rings. The summed E-state index contributed by atoms with van der Waals surface area (Å²) in [6.07, 6.45) is 2.99. The van der Waals surface area contributed by atoms with E-state index < -0.39 is 9.84 Å². The van der Waals surface area contributed by atoms with Gasteiger partial charge in [0.25, 0.3) is 0 Å². The fourth-order valence-corrected chi connectivity index (χ4v) is 3.75. The third-order valence-electron chi connectivity index (χ3n) is 4.87. The molecule has 0 aliphatic carbocycles. The quantitative estimate of drug-likeness (QED) is 0.449. The lowest BCUT2D eigenvalue weighted by Gasteiger charge is -2.30. The molecule has 6 nitrogen and oxygen atoms in total. The first-order valence-corrected chi connectivity index (χ1v) is 11.0. The minimum absolute atomic E-state index is 0.137. The second kappa shape index (κ2) is 9.92. The SMILES string of the molecule is CCNC(=NCc1ccc(S(C)(=O)=O)c(C)c1)NCC(CC)(CC)CO. The van der Waals surface area contributed by atoms with Crippen LogP contribution in [0, 0.1) is 12.3 Å². The standard InChI is InChI=1S/C19H33N3O3S/c1-6-19(7-2,14-23)13-22-18(20-8-3)21-12-16-9-10-17(15(4)11-16)26(5,24)25/h9-11,23H,6-8,12-14H2,1-5H3,(H2,20,21,22). The summed E-state index contributed by atoms with van der Waals surface area (Å²) in [4.78, 5) is 4.94. The first kappa shape index (κ1) is 22.4. The molecule has 0 saturated carbocycles. The van der Waals surface area contributed by atoms with E-state index in [-0.39, 0.29) is 12.0 Å². The van der Waals surface area contributed by atoms with Gasteiger partial charge in [0.05, 0.1) is 18.0 Å². The van der Waals surface area contributed by atoms with E-state index in [4.69, 9.17) is 0 Å². The van der Waals surface area contributed by atoms with Gasteiger partial charge in [-0.15, -0.1) is 0 Å². The molecule has 3 N–H and O–H groups in total. The zero-order valence-corrected chi connectivity index (χ0v) is 17.4. The van der Waals surface area contributed by atoms with Gasteiger partial charge in [-0.1, -0.05) is 26.0 Å². The maximum atomic E-state index is 11.7. The summed E-state index contributed by atoms with van der Waals surface area (Å²) in [5.74, 6) is 0.692. The Morgan fingerprint density at radius 1 is 1.19 bits per heavy atom. The Bertz CT molecular complexity index is 702. The fraction of sp³-hybridized carbons (Fsp3) is 0.632. The van der Waals surface area contributed by atoms with Crippen molar-refractivity contribution in [2.24, 2.45) is 10.4 Å². The first-order valence-electron chi connectivity index (χ1n) is 9.14. The second-order valence-corrected chi connectivity index (χ2v) is 8.77. The molecule has 0 amide bonds. The van der Waals surface area contributed by atoms with E-state index in [1.165, 1.54) is 6.26 Å². The topological polar surface area (TPSA) is 90.8 Å². The molecule has 0 unspecified atom stereocenters. The predicted octanol–water partition coefficient (Wildman–Crippen LogP) is 2.25. The average molecular weight is 384 g/mol. The van der Waals surface area contributed by atoms with E-state index in [0.29, 0.717) is 23.9 Å². The van der Waals surface area contributed by atoms with Crippen LogP contribution < -0.4 is 10.6 Å². The third kappa shape index (κ3) is 6.29. The van der Waals surface area contributed by atoms with Gasteiger partial charge in [0.2, 0.25) is 0 Å². The van der Waals surface area contributed by atoms with Gasteiger partial charge in [0.1, 0.15) is 0 Å². The first-order chi connectivity index (χ1) is 12.2. The van der Waals surface area contributed by atoms with Crippen LogP contribution in [0.5, 0.6) is 0 Å². The molecule has 0 radical (unpaired) electrons. The zero-order valence-electron chi connectivity index (χ0n) is 16.6. The molecule has 1 rings (SSSR count). The van der Waals surface area contributed by atoms with E-state index in [0.717, 1.165) is 30.5 Å². The highest BCUT2D eigenvalue weighted by molar-refractivity contribution is 7.90. The lowest BCUT2D eigenvalue weighted by Crippen LogP contribution is -2.44. The maximum absolute atomic E-state index is 11.7. The summed E-state index contributed by atoms with van der Waals surface area (Å²) in [7, 11) is -3.21. The summed E-state index contributed by atoms with van der Waals surface area (Å²) in [6, 6.07) is 5.30. The summed E-state index contributed by atoms with van der Waals surface area (Å²) in [6.45, 7) is 9.93. The number of hydrogen-bond acceptors (Lipinski definition) is 4. The molecular weight excluding hydrogens is 350 g/mol. The Morgan fingerprint density at radius 2 is 1.85 bits per heavy atom. The molecule has 0 saturated heterocycles. The monoisotopic (exact) mass is 383 g/mol. The zero-order chi connectivity index (χ0) is 19.8. The van der Waals surface area contributed by atoms with Gasteiger partial charge in [0, 0.05) is 24.8 Å². The van der Waals surface area contributed by atoms with E-state index in [1.807, 2.05) is 13.0 Å². The van der Waals surface area contributed by atoms with Gasteiger partial charge in [0.15, 0.2) is 15.8 Å². The predicted molar refractivity (Wildman–Crippen MR) is 107 cm³/mol. The van der Waals surface area contributed by atoms with Crippen molar-refractivity contribution >= 4 is 15.8 Å². The van der Waals surface area contributed by atoms with Gasteiger partial charge >= 0.3 is 0 Å². The van der Waals surface area contributed by atoms with Gasteiger partial charge in [-0.2, -0.15) is 0 Å².